The molecule has 0 saturated heterocycles. The van der Waals surface area contributed by atoms with E-state index < -0.39 is 18.6 Å². The zero-order chi connectivity index (χ0) is 13.5. The number of aliphatic hydroxyl groups is 1. The van der Waals surface area contributed by atoms with Gasteiger partial charge in [0.2, 0.25) is 0 Å². The van der Waals surface area contributed by atoms with Gasteiger partial charge in [-0.05, 0) is 6.92 Å². The third-order valence-electron chi connectivity index (χ3n) is 2.55. The first-order chi connectivity index (χ1) is 8.58. The highest BCUT2D eigenvalue weighted by molar-refractivity contribution is 5.97. The van der Waals surface area contributed by atoms with Crippen molar-refractivity contribution in [1.29, 1.82) is 0 Å². The van der Waals surface area contributed by atoms with Crippen LogP contribution in [0.1, 0.15) is 15.9 Å². The van der Waals surface area contributed by atoms with E-state index in [9.17, 15) is 9.59 Å². The summed E-state index contributed by atoms with van der Waals surface area (Å²) in [6, 6.07) is 6.27. The number of aliphatic hydroxyl groups excluding tert-OH is 1. The van der Waals surface area contributed by atoms with Gasteiger partial charge in [0.15, 0.2) is 5.78 Å². The Bertz CT molecular complexity index is 414. The van der Waals surface area contributed by atoms with Gasteiger partial charge in [-0.15, -0.1) is 0 Å². The van der Waals surface area contributed by atoms with Gasteiger partial charge in [0.05, 0.1) is 20.3 Å². The van der Waals surface area contributed by atoms with Crippen LogP contribution in [0.4, 0.5) is 0 Å². The first kappa shape index (κ1) is 14.3. The molecule has 1 rings (SSSR count). The van der Waals surface area contributed by atoms with Crippen LogP contribution in [0.25, 0.3) is 0 Å². The maximum atomic E-state index is 11.8. The van der Waals surface area contributed by atoms with Crippen LogP contribution in [0.15, 0.2) is 24.3 Å². The van der Waals surface area contributed by atoms with E-state index in [1.807, 2.05) is 19.1 Å². The van der Waals surface area contributed by atoms with Gasteiger partial charge >= 0.3 is 5.97 Å². The molecule has 0 spiro atoms. The predicted octanol–water partition coefficient (Wildman–Crippen LogP) is 0.301. The minimum atomic E-state index is -0.871. The summed E-state index contributed by atoms with van der Waals surface area (Å²) in [5, 5.41) is 11.6. The highest BCUT2D eigenvalue weighted by atomic mass is 16.5. The number of methoxy groups -OCH3 is 1. The van der Waals surface area contributed by atoms with Crippen molar-refractivity contribution in [2.24, 2.45) is 0 Å². The zero-order valence-electron chi connectivity index (χ0n) is 10.5. The molecule has 5 nitrogen and oxygen atoms in total. The largest absolute Gasteiger partial charge is 0.468 e. The molecule has 0 radical (unpaired) electrons. The first-order valence-corrected chi connectivity index (χ1v) is 5.60. The zero-order valence-corrected chi connectivity index (χ0v) is 10.5. The lowest BCUT2D eigenvalue weighted by atomic mass is 10.1. The van der Waals surface area contributed by atoms with Crippen molar-refractivity contribution in [3.8, 4) is 0 Å². The number of Topliss-reactive ketones (excluding diaryl/α,β-unsaturated/α-hetero) is 1. The maximum Gasteiger partial charge on any atom is 0.325 e. The van der Waals surface area contributed by atoms with Gasteiger partial charge in [-0.3, -0.25) is 14.9 Å². The molecule has 2 N–H and O–H groups in total. The average molecular weight is 251 g/mol. The molecule has 1 unspecified atom stereocenters. The molecule has 0 aromatic heterocycles. The molecular formula is C13H17NO4. The van der Waals surface area contributed by atoms with Crippen molar-refractivity contribution < 1.29 is 19.4 Å². The number of rotatable bonds is 6. The molecule has 0 aliphatic heterocycles. The summed E-state index contributed by atoms with van der Waals surface area (Å²) < 4.78 is 4.48. The van der Waals surface area contributed by atoms with Crippen molar-refractivity contribution in [3.05, 3.63) is 35.4 Å². The fraction of sp³-hybridized carbons (Fsp3) is 0.385. The normalized spacial score (nSPS) is 11.9. The topological polar surface area (TPSA) is 75.6 Å². The monoisotopic (exact) mass is 251 g/mol. The molecule has 0 fully saturated rings. The molecule has 0 heterocycles. The van der Waals surface area contributed by atoms with Crippen molar-refractivity contribution in [2.45, 2.75) is 13.0 Å². The Balaban J connectivity index is 2.55. The average Bonchev–Trinajstić information content (AvgIpc) is 2.39. The number of carbonyl (C=O) groups excluding carboxylic acids is 2. The van der Waals surface area contributed by atoms with Gasteiger partial charge in [-0.1, -0.05) is 29.8 Å². The molecule has 1 aromatic carbocycles. The van der Waals surface area contributed by atoms with Crippen LogP contribution in [0.2, 0.25) is 0 Å². The lowest BCUT2D eigenvalue weighted by molar-refractivity contribution is -0.144. The van der Waals surface area contributed by atoms with E-state index in [-0.39, 0.29) is 12.3 Å². The van der Waals surface area contributed by atoms with E-state index in [1.54, 1.807) is 12.1 Å². The van der Waals surface area contributed by atoms with E-state index in [4.69, 9.17) is 5.11 Å². The third-order valence-corrected chi connectivity index (χ3v) is 2.55. The van der Waals surface area contributed by atoms with Crippen LogP contribution >= 0.6 is 0 Å². The third kappa shape index (κ3) is 3.94. The summed E-state index contributed by atoms with van der Waals surface area (Å²) in [6.45, 7) is 1.50. The molecule has 0 aliphatic rings. The molecule has 0 bridgehead atoms. The smallest absolute Gasteiger partial charge is 0.325 e. The van der Waals surface area contributed by atoms with Crippen molar-refractivity contribution in [3.63, 3.8) is 0 Å². The molecule has 18 heavy (non-hydrogen) atoms. The summed E-state index contributed by atoms with van der Waals surface area (Å²) >= 11 is 0. The van der Waals surface area contributed by atoms with Gasteiger partial charge in [0.1, 0.15) is 6.04 Å². The summed E-state index contributed by atoms with van der Waals surface area (Å²) in [5.74, 6) is -0.730. The van der Waals surface area contributed by atoms with Crippen LogP contribution in [0, 0.1) is 6.92 Å². The summed E-state index contributed by atoms with van der Waals surface area (Å²) in [5.41, 5.74) is 1.64. The second kappa shape index (κ2) is 6.88. The SMILES string of the molecule is COC(=O)C(CO)NCC(=O)c1ccc(C)cc1. The van der Waals surface area contributed by atoms with Gasteiger partial charge in [-0.2, -0.15) is 0 Å². The van der Waals surface area contributed by atoms with Crippen molar-refractivity contribution in [2.75, 3.05) is 20.3 Å². The van der Waals surface area contributed by atoms with Crippen LogP contribution < -0.4 is 5.32 Å². The molecule has 0 amide bonds. The van der Waals surface area contributed by atoms with Crippen molar-refractivity contribution >= 4 is 11.8 Å². The summed E-state index contributed by atoms with van der Waals surface area (Å²) in [6.07, 6.45) is 0. The number of hydrogen-bond acceptors (Lipinski definition) is 5. The highest BCUT2D eigenvalue weighted by Crippen LogP contribution is 2.03. The lowest BCUT2D eigenvalue weighted by Gasteiger charge is -2.13. The molecule has 0 saturated carbocycles. The number of nitrogens with one attached hydrogen (secondary N) is 1. The van der Waals surface area contributed by atoms with Crippen molar-refractivity contribution in [1.82, 2.24) is 5.32 Å². The number of hydrogen-bond donors (Lipinski definition) is 2. The number of carbonyl (C=O) groups is 2. The minimum absolute atomic E-state index is 0.0244. The fourth-order valence-corrected chi connectivity index (χ4v) is 1.42. The van der Waals surface area contributed by atoms with Crippen LogP contribution in [0.5, 0.6) is 0 Å². The van der Waals surface area contributed by atoms with E-state index in [2.05, 4.69) is 10.1 Å². The Labute approximate surface area is 106 Å². The van der Waals surface area contributed by atoms with E-state index in [1.165, 1.54) is 7.11 Å². The second-order valence-corrected chi connectivity index (χ2v) is 3.93. The maximum absolute atomic E-state index is 11.8. The Morgan fingerprint density at radius 2 is 1.94 bits per heavy atom. The number of ketones is 1. The lowest BCUT2D eigenvalue weighted by Crippen LogP contribution is -2.43. The van der Waals surface area contributed by atoms with E-state index in [0.29, 0.717) is 5.56 Å². The standard InChI is InChI=1S/C13H17NO4/c1-9-3-5-10(6-4-9)12(16)7-14-11(8-15)13(17)18-2/h3-6,11,14-15H,7-8H2,1-2H3. The Morgan fingerprint density at radius 1 is 1.33 bits per heavy atom. The predicted molar refractivity (Wildman–Crippen MR) is 66.4 cm³/mol. The van der Waals surface area contributed by atoms with Crippen LogP contribution in [-0.2, 0) is 9.53 Å². The molecule has 5 heteroatoms. The number of esters is 1. The van der Waals surface area contributed by atoms with Gasteiger partial charge in [0.25, 0.3) is 0 Å². The summed E-state index contributed by atoms with van der Waals surface area (Å²) in [4.78, 5) is 23.0. The van der Waals surface area contributed by atoms with E-state index in [0.717, 1.165) is 5.56 Å². The van der Waals surface area contributed by atoms with Gasteiger partial charge in [-0.25, -0.2) is 0 Å². The Morgan fingerprint density at radius 3 is 2.44 bits per heavy atom. The Hall–Kier alpha value is -1.72. The number of aryl methyl sites for hydroxylation is 1. The molecule has 0 aliphatic carbocycles. The Kier molecular flexibility index (Phi) is 5.48. The quantitative estimate of drug-likeness (QED) is 0.562. The van der Waals surface area contributed by atoms with Crippen LogP contribution in [0.3, 0.4) is 0 Å². The molecule has 1 atom stereocenters. The van der Waals surface area contributed by atoms with Gasteiger partial charge in [0, 0.05) is 5.56 Å². The number of ether oxygens (including phenoxy) is 1. The van der Waals surface area contributed by atoms with Crippen LogP contribution in [-0.4, -0.2) is 43.2 Å². The fourth-order valence-electron chi connectivity index (χ4n) is 1.42. The second-order valence-electron chi connectivity index (χ2n) is 3.93. The minimum Gasteiger partial charge on any atom is -0.468 e. The molecule has 98 valence electrons. The molecule has 1 aromatic rings. The number of benzene rings is 1. The summed E-state index contributed by atoms with van der Waals surface area (Å²) in [7, 11) is 1.23. The van der Waals surface area contributed by atoms with E-state index >= 15 is 0 Å². The highest BCUT2D eigenvalue weighted by Gasteiger charge is 2.18. The van der Waals surface area contributed by atoms with Gasteiger partial charge < -0.3 is 9.84 Å². The molecular weight excluding hydrogens is 234 g/mol. The first-order valence-electron chi connectivity index (χ1n) is 5.60.